The van der Waals surface area contributed by atoms with Gasteiger partial charge in [0, 0.05) is 31.5 Å². The van der Waals surface area contributed by atoms with Gasteiger partial charge in [0.25, 0.3) is 5.91 Å². The number of anilines is 2. The van der Waals surface area contributed by atoms with Crippen LogP contribution in [0.3, 0.4) is 0 Å². The SMILES string of the molecule is CCOc1nc(N2CCCC(C3CCCCN3)C2)ncc1C(=O)Nc1cn2cc(C)nc2c(C)n1. The van der Waals surface area contributed by atoms with E-state index in [1.165, 1.54) is 25.7 Å². The van der Waals surface area contributed by atoms with Gasteiger partial charge in [-0.05, 0) is 58.9 Å². The molecule has 2 aliphatic rings. The lowest BCUT2D eigenvalue weighted by molar-refractivity contribution is 0.102. The molecular weight excluding hydrogens is 444 g/mol. The quantitative estimate of drug-likeness (QED) is 0.556. The molecule has 5 rings (SSSR count). The van der Waals surface area contributed by atoms with Crippen molar-refractivity contribution in [3.05, 3.63) is 35.5 Å². The van der Waals surface area contributed by atoms with Crippen LogP contribution < -0.4 is 20.3 Å². The fourth-order valence-corrected chi connectivity index (χ4v) is 5.23. The number of carbonyl (C=O) groups is 1. The summed E-state index contributed by atoms with van der Waals surface area (Å²) in [5.41, 5.74) is 2.69. The topological polar surface area (TPSA) is 110 Å². The van der Waals surface area contributed by atoms with Crippen LogP contribution in [0.1, 0.15) is 60.8 Å². The Balaban J connectivity index is 1.34. The lowest BCUT2D eigenvalue weighted by Gasteiger charge is -2.39. The zero-order valence-corrected chi connectivity index (χ0v) is 20.8. The van der Waals surface area contributed by atoms with Crippen molar-refractivity contribution in [2.75, 3.05) is 36.5 Å². The van der Waals surface area contributed by atoms with Crippen molar-refractivity contribution in [2.45, 2.75) is 58.9 Å². The van der Waals surface area contributed by atoms with Gasteiger partial charge in [-0.25, -0.2) is 15.0 Å². The van der Waals surface area contributed by atoms with E-state index in [2.05, 4.69) is 35.5 Å². The standard InChI is InChI=1S/C25H34N8O2/c1-4-35-24-19(23(34)30-21-15-33-13-16(2)28-22(33)17(3)29-21)12-27-25(31-24)32-11-7-8-18(14-32)20-9-5-6-10-26-20/h12-13,15,18,20,26H,4-11,14H2,1-3H3,(H,30,34). The Morgan fingerprint density at radius 1 is 1.17 bits per heavy atom. The smallest absolute Gasteiger partial charge is 0.263 e. The number of hydrogen-bond acceptors (Lipinski definition) is 8. The molecular formula is C25H34N8O2. The number of nitrogens with zero attached hydrogens (tertiary/aromatic N) is 6. The van der Waals surface area contributed by atoms with Crippen LogP contribution in [0.25, 0.3) is 5.65 Å². The number of carbonyl (C=O) groups excluding carboxylic acids is 1. The van der Waals surface area contributed by atoms with E-state index in [4.69, 9.17) is 4.74 Å². The lowest BCUT2D eigenvalue weighted by atomic mass is 9.86. The van der Waals surface area contributed by atoms with Gasteiger partial charge in [-0.2, -0.15) is 4.98 Å². The summed E-state index contributed by atoms with van der Waals surface area (Å²) in [6, 6.07) is 0.565. The molecule has 2 aliphatic heterocycles. The minimum atomic E-state index is -0.356. The van der Waals surface area contributed by atoms with Gasteiger partial charge in [0.05, 0.1) is 24.2 Å². The Labute approximate surface area is 205 Å². The number of hydrogen-bond donors (Lipinski definition) is 2. The molecule has 2 atom stereocenters. The second-order valence-electron chi connectivity index (χ2n) is 9.51. The van der Waals surface area contributed by atoms with Crippen LogP contribution in [0.4, 0.5) is 11.8 Å². The molecule has 0 spiro atoms. The summed E-state index contributed by atoms with van der Waals surface area (Å²) >= 11 is 0. The monoisotopic (exact) mass is 478 g/mol. The summed E-state index contributed by atoms with van der Waals surface area (Å²) in [7, 11) is 0. The minimum Gasteiger partial charge on any atom is -0.477 e. The molecule has 0 saturated carbocycles. The predicted molar refractivity (Wildman–Crippen MR) is 134 cm³/mol. The maximum absolute atomic E-state index is 13.2. The van der Waals surface area contributed by atoms with Crippen molar-refractivity contribution in [3.8, 4) is 5.88 Å². The summed E-state index contributed by atoms with van der Waals surface area (Å²) in [6.07, 6.45) is 11.4. The van der Waals surface area contributed by atoms with Crippen molar-refractivity contribution in [1.82, 2.24) is 29.7 Å². The van der Waals surface area contributed by atoms with E-state index >= 15 is 0 Å². The number of aromatic nitrogens is 5. The highest BCUT2D eigenvalue weighted by Gasteiger charge is 2.30. The molecule has 35 heavy (non-hydrogen) atoms. The second kappa shape index (κ2) is 10.2. The predicted octanol–water partition coefficient (Wildman–Crippen LogP) is 3.15. The number of fused-ring (bicyclic) bond motifs is 1. The van der Waals surface area contributed by atoms with Gasteiger partial charge >= 0.3 is 0 Å². The number of amides is 1. The van der Waals surface area contributed by atoms with Crippen molar-refractivity contribution in [2.24, 2.45) is 5.92 Å². The molecule has 10 heteroatoms. The average molecular weight is 479 g/mol. The third kappa shape index (κ3) is 5.07. The molecule has 2 fully saturated rings. The Morgan fingerprint density at radius 2 is 2.06 bits per heavy atom. The first kappa shape index (κ1) is 23.5. The van der Waals surface area contributed by atoms with Gasteiger partial charge in [-0.3, -0.25) is 4.79 Å². The molecule has 2 unspecified atom stereocenters. The van der Waals surface area contributed by atoms with E-state index < -0.39 is 0 Å². The zero-order valence-electron chi connectivity index (χ0n) is 20.8. The fraction of sp³-hybridized carbons (Fsp3) is 0.560. The van der Waals surface area contributed by atoms with E-state index in [1.807, 2.05) is 31.4 Å². The van der Waals surface area contributed by atoms with E-state index in [0.717, 1.165) is 43.1 Å². The van der Waals surface area contributed by atoms with E-state index in [1.54, 1.807) is 12.4 Å². The molecule has 3 aromatic rings. The van der Waals surface area contributed by atoms with Crippen molar-refractivity contribution >= 4 is 23.3 Å². The first-order valence-corrected chi connectivity index (χ1v) is 12.6. The highest BCUT2D eigenvalue weighted by molar-refractivity contribution is 6.05. The van der Waals surface area contributed by atoms with E-state index in [9.17, 15) is 4.79 Å². The summed E-state index contributed by atoms with van der Waals surface area (Å²) in [4.78, 5) is 33.6. The van der Waals surface area contributed by atoms with Gasteiger partial charge in [0.2, 0.25) is 11.8 Å². The molecule has 5 heterocycles. The Kier molecular flexibility index (Phi) is 6.81. The van der Waals surface area contributed by atoms with E-state index in [-0.39, 0.29) is 5.91 Å². The highest BCUT2D eigenvalue weighted by atomic mass is 16.5. The first-order chi connectivity index (χ1) is 17.0. The molecule has 1 amide bonds. The molecule has 0 aromatic carbocycles. The number of aryl methyl sites for hydroxylation is 2. The number of ether oxygens (including phenoxy) is 1. The van der Waals surface area contributed by atoms with Gasteiger partial charge < -0.3 is 24.7 Å². The summed E-state index contributed by atoms with van der Waals surface area (Å²) < 4.78 is 7.65. The fourth-order valence-electron chi connectivity index (χ4n) is 5.23. The van der Waals surface area contributed by atoms with Crippen molar-refractivity contribution < 1.29 is 9.53 Å². The molecule has 2 saturated heterocycles. The van der Waals surface area contributed by atoms with Gasteiger partial charge in [0.15, 0.2) is 5.65 Å². The largest absolute Gasteiger partial charge is 0.477 e. The van der Waals surface area contributed by atoms with E-state index in [0.29, 0.717) is 41.8 Å². The lowest BCUT2D eigenvalue weighted by Crippen LogP contribution is -2.48. The zero-order chi connectivity index (χ0) is 24.4. The minimum absolute atomic E-state index is 0.291. The van der Waals surface area contributed by atoms with Crippen LogP contribution in [0, 0.1) is 19.8 Å². The van der Waals surface area contributed by atoms with Crippen LogP contribution in [0.15, 0.2) is 18.6 Å². The highest BCUT2D eigenvalue weighted by Crippen LogP contribution is 2.28. The molecule has 0 aliphatic carbocycles. The molecule has 2 N–H and O–H groups in total. The third-order valence-corrected chi connectivity index (χ3v) is 6.89. The molecule has 0 radical (unpaired) electrons. The first-order valence-electron chi connectivity index (χ1n) is 12.6. The van der Waals surface area contributed by atoms with Crippen LogP contribution in [0.5, 0.6) is 5.88 Å². The van der Waals surface area contributed by atoms with Crippen molar-refractivity contribution in [1.29, 1.82) is 0 Å². The number of nitrogens with one attached hydrogen (secondary N) is 2. The third-order valence-electron chi connectivity index (χ3n) is 6.89. The normalized spacial score (nSPS) is 20.7. The van der Waals surface area contributed by atoms with Crippen molar-refractivity contribution in [3.63, 3.8) is 0 Å². The number of piperidine rings is 2. The Morgan fingerprint density at radius 3 is 2.86 bits per heavy atom. The Hall–Kier alpha value is -3.27. The maximum atomic E-state index is 13.2. The summed E-state index contributed by atoms with van der Waals surface area (Å²) in [5, 5.41) is 6.57. The molecule has 186 valence electrons. The summed E-state index contributed by atoms with van der Waals surface area (Å²) in [6.45, 7) is 9.02. The Bertz CT molecular complexity index is 1200. The van der Waals surface area contributed by atoms with Crippen LogP contribution >= 0.6 is 0 Å². The molecule has 0 bridgehead atoms. The van der Waals surface area contributed by atoms with Crippen LogP contribution in [-0.4, -0.2) is 62.5 Å². The average Bonchev–Trinajstić information content (AvgIpc) is 3.25. The second-order valence-corrected chi connectivity index (χ2v) is 9.51. The molecule has 3 aromatic heterocycles. The maximum Gasteiger partial charge on any atom is 0.263 e. The summed E-state index contributed by atoms with van der Waals surface area (Å²) in [5.74, 6) is 1.58. The molecule has 10 nitrogen and oxygen atoms in total. The van der Waals surface area contributed by atoms with Crippen LogP contribution in [0.2, 0.25) is 0 Å². The van der Waals surface area contributed by atoms with Gasteiger partial charge in [-0.15, -0.1) is 0 Å². The van der Waals surface area contributed by atoms with Gasteiger partial charge in [0.1, 0.15) is 11.4 Å². The number of rotatable bonds is 6. The van der Waals surface area contributed by atoms with Crippen LogP contribution in [-0.2, 0) is 0 Å². The number of imidazole rings is 1. The van der Waals surface area contributed by atoms with Gasteiger partial charge in [-0.1, -0.05) is 6.42 Å².